The van der Waals surface area contributed by atoms with Gasteiger partial charge in [-0.25, -0.2) is 8.78 Å². The largest absolute Gasteiger partial charge is 0.392 e. The molecule has 3 aromatic carbocycles. The van der Waals surface area contributed by atoms with Gasteiger partial charge in [-0.3, -0.25) is 19.9 Å². The van der Waals surface area contributed by atoms with Crippen LogP contribution >= 0.6 is 0 Å². The highest BCUT2D eigenvalue weighted by molar-refractivity contribution is 5.35. The number of hydrogen-bond acceptors (Lipinski definition) is 5. The number of aliphatic hydroxyl groups excluding tert-OH is 1. The van der Waals surface area contributed by atoms with Gasteiger partial charge in [-0.2, -0.15) is 0 Å². The number of benzene rings is 3. The number of nitrogens with zero attached hydrogens (tertiary/aromatic N) is 4. The summed E-state index contributed by atoms with van der Waals surface area (Å²) in [6.45, 7) is 56.9. The van der Waals surface area contributed by atoms with Crippen LogP contribution in [0.25, 0.3) is 0 Å². The molecule has 0 saturated heterocycles. The van der Waals surface area contributed by atoms with Crippen molar-refractivity contribution in [2.75, 3.05) is 0 Å². The molecule has 0 saturated carbocycles. The van der Waals surface area contributed by atoms with Gasteiger partial charge in [0, 0.05) is 64.0 Å². The fourth-order valence-corrected chi connectivity index (χ4v) is 7.49. The van der Waals surface area contributed by atoms with Gasteiger partial charge in [-0.1, -0.05) is 215 Å². The minimum atomic E-state index is -0.308. The molecule has 5 nitrogen and oxygen atoms in total. The highest BCUT2D eigenvalue weighted by atomic mass is 19.1. The average Bonchev–Trinajstić information content (AvgIpc) is 3.31. The molecular formula is C76H118F2N4O. The van der Waals surface area contributed by atoms with Crippen LogP contribution in [0, 0.1) is 60.1 Å². The van der Waals surface area contributed by atoms with E-state index < -0.39 is 0 Å². The van der Waals surface area contributed by atoms with Crippen molar-refractivity contribution in [3.8, 4) is 0 Å². The molecule has 0 bridgehead atoms. The molecule has 0 aliphatic rings. The number of aryl methyl sites for hydroxylation is 7. The smallest absolute Gasteiger partial charge is 0.129 e. The lowest BCUT2D eigenvalue weighted by Gasteiger charge is -2.20. The summed E-state index contributed by atoms with van der Waals surface area (Å²) < 4.78 is 26.4. The Kier molecular flexibility index (Phi) is 34.7. The van der Waals surface area contributed by atoms with Gasteiger partial charge in [0.2, 0.25) is 0 Å². The molecule has 0 aliphatic heterocycles. The highest BCUT2D eigenvalue weighted by Gasteiger charge is 2.19. The van der Waals surface area contributed by atoms with Gasteiger partial charge in [-0.15, -0.1) is 0 Å². The summed E-state index contributed by atoms with van der Waals surface area (Å²) in [6.07, 6.45) is 7.56. The lowest BCUT2D eigenvalue weighted by Crippen LogP contribution is -2.13. The summed E-state index contributed by atoms with van der Waals surface area (Å²) in [7, 11) is 0. The molecule has 4 aromatic heterocycles. The van der Waals surface area contributed by atoms with E-state index in [0.29, 0.717) is 11.5 Å². The highest BCUT2D eigenvalue weighted by Crippen LogP contribution is 2.28. The van der Waals surface area contributed by atoms with Gasteiger partial charge < -0.3 is 5.11 Å². The third-order valence-electron chi connectivity index (χ3n) is 12.9. The molecule has 0 spiro atoms. The van der Waals surface area contributed by atoms with Crippen LogP contribution in [0.5, 0.6) is 0 Å². The van der Waals surface area contributed by atoms with Crippen LogP contribution < -0.4 is 0 Å². The Balaban J connectivity index is -0.000000896. The summed E-state index contributed by atoms with van der Waals surface area (Å²) in [4.78, 5) is 17.1. The van der Waals surface area contributed by atoms with E-state index in [1.54, 1.807) is 12.1 Å². The minimum Gasteiger partial charge on any atom is -0.392 e. The van der Waals surface area contributed by atoms with Crippen LogP contribution in [0.15, 0.2) is 128 Å². The van der Waals surface area contributed by atoms with Crippen molar-refractivity contribution in [1.29, 1.82) is 0 Å². The maximum atomic E-state index is 13.5. The van der Waals surface area contributed by atoms with Crippen molar-refractivity contribution in [3.05, 3.63) is 224 Å². The normalized spacial score (nSPS) is 11.1. The van der Waals surface area contributed by atoms with Crippen LogP contribution in [-0.2, 0) is 39.1 Å². The van der Waals surface area contributed by atoms with Gasteiger partial charge in [0.15, 0.2) is 0 Å². The number of aliphatic hydroxyl groups is 1. The van der Waals surface area contributed by atoms with E-state index in [9.17, 15) is 8.78 Å². The lowest BCUT2D eigenvalue weighted by atomic mass is 9.85. The summed E-state index contributed by atoms with van der Waals surface area (Å²) >= 11 is 0. The fourth-order valence-electron chi connectivity index (χ4n) is 7.49. The van der Waals surface area contributed by atoms with Crippen LogP contribution in [0.1, 0.15) is 251 Å². The molecule has 1 N–H and O–H groups in total. The van der Waals surface area contributed by atoms with Gasteiger partial charge in [0.1, 0.15) is 11.6 Å². The van der Waals surface area contributed by atoms with Gasteiger partial charge in [0.25, 0.3) is 0 Å². The second-order valence-electron chi connectivity index (χ2n) is 27.8. The van der Waals surface area contributed by atoms with Gasteiger partial charge in [0.05, 0.1) is 6.61 Å². The maximum Gasteiger partial charge on any atom is 0.129 e. The quantitative estimate of drug-likeness (QED) is 0.187. The number of hydrogen-bond donors (Lipinski definition) is 1. The molecule has 7 rings (SSSR count). The van der Waals surface area contributed by atoms with Gasteiger partial charge in [-0.05, 0) is 181 Å². The van der Waals surface area contributed by atoms with Gasteiger partial charge >= 0.3 is 0 Å². The first-order valence-electron chi connectivity index (χ1n) is 28.4. The van der Waals surface area contributed by atoms with E-state index in [2.05, 4.69) is 219 Å². The van der Waals surface area contributed by atoms with Crippen LogP contribution in [0.2, 0.25) is 0 Å². The molecule has 0 unspecified atom stereocenters. The third kappa shape index (κ3) is 32.1. The number of pyridine rings is 4. The SMILES string of the molecule is C.C.C.Cc1cc(C(C)(C)C)cc(F)c1CO.Cc1cc(C(C)(C)C)ccn1.Cc1cc(F)cc(C(C)(C)C)c1.Cc1cccc(C(C)(C)C)n1.Cc1cccc(C(C)C)c1.Cc1ccnc(C(C)(C)C)c1.Cc1cncc(C(C)(C)C)c1. The van der Waals surface area contributed by atoms with Crippen LogP contribution in [0.3, 0.4) is 0 Å². The fraction of sp³-hybridized carbons (Fsp3) is 0.500. The summed E-state index contributed by atoms with van der Waals surface area (Å²) in [5, 5.41) is 8.95. The zero-order valence-corrected chi connectivity index (χ0v) is 54.9. The van der Waals surface area contributed by atoms with E-state index in [0.717, 1.165) is 45.0 Å². The van der Waals surface area contributed by atoms with E-state index in [4.69, 9.17) is 5.11 Å². The Morgan fingerprint density at radius 2 is 0.916 bits per heavy atom. The molecule has 0 amide bonds. The van der Waals surface area contributed by atoms with Crippen molar-refractivity contribution in [1.82, 2.24) is 19.9 Å². The average molecular weight is 1140 g/mol. The summed E-state index contributed by atoms with van der Waals surface area (Å²) in [5.41, 5.74) is 17.5. The maximum absolute atomic E-state index is 13.5. The van der Waals surface area contributed by atoms with E-state index in [1.807, 2.05) is 97.5 Å². The summed E-state index contributed by atoms with van der Waals surface area (Å²) in [6, 6.07) is 34.0. The molecule has 7 aromatic rings. The zero-order chi connectivity index (χ0) is 61.8. The van der Waals surface area contributed by atoms with Crippen molar-refractivity contribution in [3.63, 3.8) is 0 Å². The minimum absolute atomic E-state index is 0. The molecule has 0 radical (unpaired) electrons. The topological polar surface area (TPSA) is 71.8 Å². The van der Waals surface area contributed by atoms with E-state index in [1.165, 1.54) is 39.4 Å². The molecule has 7 heteroatoms. The molecule has 462 valence electrons. The monoisotopic (exact) mass is 1140 g/mol. The second-order valence-corrected chi connectivity index (χ2v) is 27.8. The Morgan fingerprint density at radius 3 is 1.28 bits per heavy atom. The zero-order valence-electron chi connectivity index (χ0n) is 54.9. The van der Waals surface area contributed by atoms with Crippen molar-refractivity contribution in [2.45, 2.75) is 254 Å². The number of halogens is 2. The second kappa shape index (κ2) is 35.4. The number of aromatic nitrogens is 4. The first-order valence-corrected chi connectivity index (χ1v) is 28.4. The molecule has 0 fully saturated rings. The third-order valence-corrected chi connectivity index (χ3v) is 12.9. The Hall–Kier alpha value is -5.92. The van der Waals surface area contributed by atoms with E-state index >= 15 is 0 Å². The van der Waals surface area contributed by atoms with Crippen molar-refractivity contribution < 1.29 is 13.9 Å². The predicted octanol–water partition coefficient (Wildman–Crippen LogP) is 22.1. The van der Waals surface area contributed by atoms with Crippen LogP contribution in [0.4, 0.5) is 8.78 Å². The Bertz CT molecular complexity index is 2680. The van der Waals surface area contributed by atoms with Crippen LogP contribution in [-0.4, -0.2) is 25.0 Å². The Labute approximate surface area is 509 Å². The standard InChI is InChI=1S/C12H17FO.C11H15F.4C10H15N.C10H14.3CH4/c1-8-5-9(12(2,3)4)6-11(13)10(8)7-14;1-8-5-9(11(2,3)4)7-10(12)6-8;1-8-5-9(7-11-6-8)10(2,3)4;1-8-7-9(5-6-11-8)10(2,3)4;1-8-5-6-11-9(7-8)10(2,3)4;1-8-6-5-7-9(11-8)10(2,3)4;1-8(2)10-6-4-5-9(3)7-10;;;/h5-6,14H,7H2,1-4H3;5-7H,1-4H3;4*5-7H,1-4H3;4-8H,1-3H3;3*1H4. The predicted molar refractivity (Wildman–Crippen MR) is 362 cm³/mol. The van der Waals surface area contributed by atoms with E-state index in [-0.39, 0.29) is 73.0 Å². The first-order chi connectivity index (χ1) is 36.4. The molecule has 0 atom stereocenters. The first kappa shape index (κ1) is 81.3. The summed E-state index contributed by atoms with van der Waals surface area (Å²) in [5.74, 6) is 0.206. The Morgan fingerprint density at radius 1 is 0.422 bits per heavy atom. The van der Waals surface area contributed by atoms with Crippen molar-refractivity contribution >= 4 is 0 Å². The molecule has 4 heterocycles. The number of rotatable bonds is 2. The molecule has 0 aliphatic carbocycles. The molecular weight excluding hydrogens is 1020 g/mol. The van der Waals surface area contributed by atoms with Crippen molar-refractivity contribution in [2.24, 2.45) is 0 Å². The lowest BCUT2D eigenvalue weighted by molar-refractivity contribution is 0.274. The molecule has 83 heavy (non-hydrogen) atoms.